The smallest absolute Gasteiger partial charge is 0.222 e. The molecular formula is C17H26N4O. The summed E-state index contributed by atoms with van der Waals surface area (Å²) in [4.78, 5) is 23.3. The maximum Gasteiger partial charge on any atom is 0.222 e. The van der Waals surface area contributed by atoms with Crippen molar-refractivity contribution in [2.45, 2.75) is 51.4 Å². The highest BCUT2D eigenvalue weighted by atomic mass is 16.2. The van der Waals surface area contributed by atoms with E-state index >= 15 is 0 Å². The van der Waals surface area contributed by atoms with Crippen molar-refractivity contribution in [3.63, 3.8) is 0 Å². The Bertz CT molecular complexity index is 519. The second-order valence-electron chi connectivity index (χ2n) is 6.44. The number of nitrogens with zero attached hydrogens (tertiary/aromatic N) is 3. The van der Waals surface area contributed by atoms with E-state index in [4.69, 9.17) is 0 Å². The van der Waals surface area contributed by atoms with Crippen LogP contribution in [-0.4, -0.2) is 47.0 Å². The van der Waals surface area contributed by atoms with Crippen LogP contribution in [0.4, 0.5) is 0 Å². The molecule has 0 aromatic carbocycles. The van der Waals surface area contributed by atoms with Gasteiger partial charge >= 0.3 is 0 Å². The summed E-state index contributed by atoms with van der Waals surface area (Å²) in [5, 5.41) is 3.39. The van der Waals surface area contributed by atoms with E-state index in [1.807, 2.05) is 11.8 Å². The molecule has 2 saturated heterocycles. The number of rotatable bonds is 4. The van der Waals surface area contributed by atoms with Gasteiger partial charge in [-0.25, -0.2) is 9.97 Å². The van der Waals surface area contributed by atoms with Crippen molar-refractivity contribution < 1.29 is 4.79 Å². The molecule has 0 radical (unpaired) electrons. The molecule has 0 unspecified atom stereocenters. The number of amides is 1. The lowest BCUT2D eigenvalue weighted by molar-refractivity contribution is -0.130. The van der Waals surface area contributed by atoms with Crippen molar-refractivity contribution in [2.24, 2.45) is 0 Å². The minimum Gasteiger partial charge on any atom is -0.343 e. The van der Waals surface area contributed by atoms with E-state index in [-0.39, 0.29) is 5.91 Å². The van der Waals surface area contributed by atoms with Gasteiger partial charge in [0.15, 0.2) is 0 Å². The minimum atomic E-state index is 0.275. The average molecular weight is 302 g/mol. The van der Waals surface area contributed by atoms with E-state index in [9.17, 15) is 4.79 Å². The van der Waals surface area contributed by atoms with Crippen molar-refractivity contribution in [2.75, 3.05) is 26.2 Å². The van der Waals surface area contributed by atoms with Crippen molar-refractivity contribution in [1.82, 2.24) is 20.2 Å². The van der Waals surface area contributed by atoms with E-state index in [0.29, 0.717) is 12.3 Å². The number of hydrogen-bond acceptors (Lipinski definition) is 4. The molecule has 0 aliphatic carbocycles. The zero-order valence-electron chi connectivity index (χ0n) is 13.5. The Balaban J connectivity index is 1.62. The topological polar surface area (TPSA) is 58.1 Å². The van der Waals surface area contributed by atoms with Crippen LogP contribution in [0.2, 0.25) is 0 Å². The summed E-state index contributed by atoms with van der Waals surface area (Å²) < 4.78 is 0. The number of hydrogen-bond donors (Lipinski definition) is 1. The van der Waals surface area contributed by atoms with Gasteiger partial charge in [0.05, 0.1) is 0 Å². The van der Waals surface area contributed by atoms with Crippen LogP contribution in [0.1, 0.15) is 55.2 Å². The highest BCUT2D eigenvalue weighted by molar-refractivity contribution is 5.76. The molecule has 3 heterocycles. The van der Waals surface area contributed by atoms with Crippen molar-refractivity contribution in [3.05, 3.63) is 23.3 Å². The summed E-state index contributed by atoms with van der Waals surface area (Å²) in [7, 11) is 0. The Morgan fingerprint density at radius 3 is 2.73 bits per heavy atom. The van der Waals surface area contributed by atoms with Gasteiger partial charge in [-0.15, -0.1) is 0 Å². The van der Waals surface area contributed by atoms with Crippen LogP contribution in [0.15, 0.2) is 6.07 Å². The minimum absolute atomic E-state index is 0.275. The lowest BCUT2D eigenvalue weighted by Gasteiger charge is -2.22. The van der Waals surface area contributed by atoms with E-state index in [0.717, 1.165) is 75.5 Å². The molecule has 1 N–H and O–H groups in total. The van der Waals surface area contributed by atoms with Crippen molar-refractivity contribution in [3.8, 4) is 0 Å². The molecule has 1 aromatic heterocycles. The fourth-order valence-corrected chi connectivity index (χ4v) is 3.47. The van der Waals surface area contributed by atoms with Crippen LogP contribution < -0.4 is 5.32 Å². The normalized spacial score (nSPS) is 19.6. The molecule has 2 fully saturated rings. The summed E-state index contributed by atoms with van der Waals surface area (Å²) in [5.41, 5.74) is 2.19. The predicted molar refractivity (Wildman–Crippen MR) is 85.7 cm³/mol. The molecule has 2 aliphatic rings. The highest BCUT2D eigenvalue weighted by Gasteiger charge is 2.20. The fraction of sp³-hybridized carbons (Fsp3) is 0.706. The first kappa shape index (κ1) is 15.4. The predicted octanol–water partition coefficient (Wildman–Crippen LogP) is 1.81. The van der Waals surface area contributed by atoms with Gasteiger partial charge in [0.2, 0.25) is 5.91 Å². The molecule has 2 aliphatic heterocycles. The molecule has 22 heavy (non-hydrogen) atoms. The Morgan fingerprint density at radius 2 is 2.00 bits per heavy atom. The summed E-state index contributed by atoms with van der Waals surface area (Å²) in [6.07, 6.45) is 5.89. The van der Waals surface area contributed by atoms with Gasteiger partial charge in [0.1, 0.15) is 5.82 Å². The first-order valence-corrected chi connectivity index (χ1v) is 8.55. The van der Waals surface area contributed by atoms with Gasteiger partial charge in [0, 0.05) is 36.8 Å². The highest BCUT2D eigenvalue weighted by Crippen LogP contribution is 2.24. The summed E-state index contributed by atoms with van der Waals surface area (Å²) in [6.45, 7) is 5.95. The third-order valence-corrected chi connectivity index (χ3v) is 4.72. The van der Waals surface area contributed by atoms with Crippen LogP contribution >= 0.6 is 0 Å². The zero-order chi connectivity index (χ0) is 15.4. The Kier molecular flexibility index (Phi) is 5.03. The van der Waals surface area contributed by atoms with Gasteiger partial charge < -0.3 is 10.2 Å². The molecule has 120 valence electrons. The lowest BCUT2D eigenvalue weighted by atomic mass is 9.93. The van der Waals surface area contributed by atoms with Crippen LogP contribution in [-0.2, 0) is 11.2 Å². The van der Waals surface area contributed by atoms with Crippen LogP contribution in [0.25, 0.3) is 0 Å². The average Bonchev–Trinajstić information content (AvgIpc) is 3.07. The maximum atomic E-state index is 12.2. The van der Waals surface area contributed by atoms with Crippen LogP contribution in [0.5, 0.6) is 0 Å². The van der Waals surface area contributed by atoms with E-state index < -0.39 is 0 Å². The second kappa shape index (κ2) is 7.18. The number of nitrogens with one attached hydrogen (secondary N) is 1. The molecule has 0 saturated carbocycles. The van der Waals surface area contributed by atoms with Crippen LogP contribution in [0, 0.1) is 6.92 Å². The molecule has 5 nitrogen and oxygen atoms in total. The van der Waals surface area contributed by atoms with Gasteiger partial charge in [-0.1, -0.05) is 0 Å². The molecule has 0 spiro atoms. The molecule has 1 aromatic rings. The standard InChI is InChI=1S/C17H26N4O/c1-13-19-15(4-5-17(22)21-10-2-3-11-21)12-16(20-13)14-6-8-18-9-7-14/h12,14,18H,2-11H2,1H3. The third-order valence-electron chi connectivity index (χ3n) is 4.72. The van der Waals surface area contributed by atoms with Gasteiger partial charge in [0.25, 0.3) is 0 Å². The first-order valence-electron chi connectivity index (χ1n) is 8.55. The number of piperidine rings is 1. The summed E-state index contributed by atoms with van der Waals surface area (Å²) >= 11 is 0. The van der Waals surface area contributed by atoms with Gasteiger partial charge in [-0.3, -0.25) is 4.79 Å². The SMILES string of the molecule is Cc1nc(CCC(=O)N2CCCC2)cc(C2CCNCC2)n1. The molecule has 0 atom stereocenters. The third kappa shape index (κ3) is 3.83. The zero-order valence-corrected chi connectivity index (χ0v) is 13.5. The maximum absolute atomic E-state index is 12.2. The molecule has 3 rings (SSSR count). The monoisotopic (exact) mass is 302 g/mol. The number of likely N-dealkylation sites (tertiary alicyclic amines) is 1. The fourth-order valence-electron chi connectivity index (χ4n) is 3.47. The lowest BCUT2D eigenvalue weighted by Crippen LogP contribution is -2.28. The van der Waals surface area contributed by atoms with Crippen molar-refractivity contribution >= 4 is 5.91 Å². The quantitative estimate of drug-likeness (QED) is 0.921. The number of carbonyl (C=O) groups excluding carboxylic acids is 1. The number of aryl methyl sites for hydroxylation is 2. The molecular weight excluding hydrogens is 276 g/mol. The van der Waals surface area contributed by atoms with Gasteiger partial charge in [-0.05, 0) is 58.2 Å². The first-order chi connectivity index (χ1) is 10.7. The molecule has 0 bridgehead atoms. The van der Waals surface area contributed by atoms with Gasteiger partial charge in [-0.2, -0.15) is 0 Å². The largest absolute Gasteiger partial charge is 0.343 e. The number of carbonyl (C=O) groups is 1. The Labute approximate surface area is 132 Å². The number of aromatic nitrogens is 2. The summed E-state index contributed by atoms with van der Waals surface area (Å²) in [5.74, 6) is 1.65. The van der Waals surface area contributed by atoms with E-state index in [1.165, 1.54) is 0 Å². The van der Waals surface area contributed by atoms with E-state index in [2.05, 4.69) is 21.4 Å². The van der Waals surface area contributed by atoms with Crippen molar-refractivity contribution in [1.29, 1.82) is 0 Å². The Hall–Kier alpha value is -1.49. The summed E-state index contributed by atoms with van der Waals surface area (Å²) in [6, 6.07) is 2.13. The molecule has 1 amide bonds. The van der Waals surface area contributed by atoms with E-state index in [1.54, 1.807) is 0 Å². The van der Waals surface area contributed by atoms with Crippen LogP contribution in [0.3, 0.4) is 0 Å². The second-order valence-corrected chi connectivity index (χ2v) is 6.44. The molecule has 5 heteroatoms. The Morgan fingerprint density at radius 1 is 1.27 bits per heavy atom.